The van der Waals surface area contributed by atoms with Crippen LogP contribution in [0.2, 0.25) is 5.02 Å². The molecule has 0 aromatic heterocycles. The molecule has 0 spiro atoms. The van der Waals surface area contributed by atoms with E-state index in [0.717, 1.165) is 42.9 Å². The van der Waals surface area contributed by atoms with E-state index >= 15 is 0 Å². The fourth-order valence-electron chi connectivity index (χ4n) is 2.92. The van der Waals surface area contributed by atoms with Crippen LogP contribution in [-0.2, 0) is 4.79 Å². The predicted octanol–water partition coefficient (Wildman–Crippen LogP) is 4.27. The third-order valence-electron chi connectivity index (χ3n) is 4.04. The van der Waals surface area contributed by atoms with Gasteiger partial charge in [0.05, 0.1) is 16.4 Å². The van der Waals surface area contributed by atoms with E-state index in [1.165, 1.54) is 0 Å². The normalized spacial score (nSPS) is 13.8. The van der Waals surface area contributed by atoms with Crippen LogP contribution in [0.25, 0.3) is 0 Å². The summed E-state index contributed by atoms with van der Waals surface area (Å²) in [6.07, 6.45) is 2.30. The number of para-hydroxylation sites is 1. The quantitative estimate of drug-likeness (QED) is 0.880. The van der Waals surface area contributed by atoms with Crippen molar-refractivity contribution in [3.63, 3.8) is 0 Å². The average Bonchev–Trinajstić information content (AvgIpc) is 3.07. The van der Waals surface area contributed by atoms with Crippen molar-refractivity contribution in [2.24, 2.45) is 0 Å². The second-order valence-electron chi connectivity index (χ2n) is 5.98. The first-order chi connectivity index (χ1) is 11.6. The molecule has 126 valence electrons. The molecule has 1 heterocycles. The van der Waals surface area contributed by atoms with Crippen molar-refractivity contribution in [2.75, 3.05) is 29.9 Å². The summed E-state index contributed by atoms with van der Waals surface area (Å²) in [7, 11) is 0. The lowest BCUT2D eigenvalue weighted by atomic mass is 10.2. The molecule has 1 fully saturated rings. The molecule has 0 aliphatic carbocycles. The maximum absolute atomic E-state index is 12.3. The van der Waals surface area contributed by atoms with E-state index in [1.807, 2.05) is 49.4 Å². The van der Waals surface area contributed by atoms with Crippen molar-refractivity contribution in [1.82, 2.24) is 0 Å². The van der Waals surface area contributed by atoms with Crippen LogP contribution in [0.15, 0.2) is 42.5 Å². The predicted molar refractivity (Wildman–Crippen MR) is 98.2 cm³/mol. The lowest BCUT2D eigenvalue weighted by Gasteiger charge is -2.23. The van der Waals surface area contributed by atoms with Crippen LogP contribution in [0, 0.1) is 6.92 Å². The van der Waals surface area contributed by atoms with Gasteiger partial charge in [-0.25, -0.2) is 0 Å². The number of hydrogen-bond acceptors (Lipinski definition) is 3. The summed E-state index contributed by atoms with van der Waals surface area (Å²) in [5.74, 6) is 0.496. The number of rotatable bonds is 5. The number of nitrogens with zero attached hydrogens (tertiary/aromatic N) is 1. The number of halogens is 1. The summed E-state index contributed by atoms with van der Waals surface area (Å²) in [6.45, 7) is 3.88. The van der Waals surface area contributed by atoms with E-state index in [0.29, 0.717) is 10.8 Å². The molecule has 0 saturated carbocycles. The van der Waals surface area contributed by atoms with E-state index in [9.17, 15) is 4.79 Å². The smallest absolute Gasteiger partial charge is 0.262 e. The Bertz CT molecular complexity index is 727. The Labute approximate surface area is 147 Å². The molecule has 0 radical (unpaired) electrons. The fourth-order valence-corrected chi connectivity index (χ4v) is 3.21. The summed E-state index contributed by atoms with van der Waals surface area (Å²) >= 11 is 6.36. The minimum absolute atomic E-state index is 0.0323. The van der Waals surface area contributed by atoms with Crippen LogP contribution in [-0.4, -0.2) is 25.6 Å². The number of amides is 1. The third kappa shape index (κ3) is 4.01. The van der Waals surface area contributed by atoms with Crippen LogP contribution in [0.1, 0.15) is 18.4 Å². The Morgan fingerprint density at radius 1 is 1.21 bits per heavy atom. The summed E-state index contributed by atoms with van der Waals surface area (Å²) in [5, 5.41) is 3.58. The lowest BCUT2D eigenvalue weighted by molar-refractivity contribution is -0.118. The first kappa shape index (κ1) is 16.7. The second-order valence-corrected chi connectivity index (χ2v) is 6.39. The van der Waals surface area contributed by atoms with Gasteiger partial charge >= 0.3 is 0 Å². The van der Waals surface area contributed by atoms with Crippen molar-refractivity contribution in [3.8, 4) is 5.75 Å². The average molecular weight is 345 g/mol. The number of hydrogen-bond donors (Lipinski definition) is 1. The maximum Gasteiger partial charge on any atom is 0.262 e. The maximum atomic E-state index is 12.3. The number of nitrogens with one attached hydrogen (secondary N) is 1. The van der Waals surface area contributed by atoms with Crippen LogP contribution in [0.5, 0.6) is 5.75 Å². The van der Waals surface area contributed by atoms with Gasteiger partial charge in [0.15, 0.2) is 6.61 Å². The van der Waals surface area contributed by atoms with Gasteiger partial charge in [0, 0.05) is 13.1 Å². The standard InChI is InChI=1S/C19H21ClN2O2/c1-14-6-4-7-15(12-14)24-13-18(23)21-17-9-5-8-16(20)19(17)22-10-2-3-11-22/h4-9,12H,2-3,10-11,13H2,1H3,(H,21,23). The molecule has 2 aromatic rings. The largest absolute Gasteiger partial charge is 0.484 e. The highest BCUT2D eigenvalue weighted by molar-refractivity contribution is 6.34. The number of benzene rings is 2. The van der Waals surface area contributed by atoms with Crippen molar-refractivity contribution >= 4 is 28.9 Å². The summed E-state index contributed by atoms with van der Waals surface area (Å²) in [6, 6.07) is 13.2. The molecule has 1 aliphatic rings. The number of carbonyl (C=O) groups excluding carboxylic acids is 1. The van der Waals surface area contributed by atoms with Crippen molar-refractivity contribution in [1.29, 1.82) is 0 Å². The Kier molecular flexibility index (Phi) is 5.26. The summed E-state index contributed by atoms with van der Waals surface area (Å²) in [5.41, 5.74) is 2.74. The molecule has 3 rings (SSSR count). The second kappa shape index (κ2) is 7.58. The first-order valence-corrected chi connectivity index (χ1v) is 8.54. The van der Waals surface area contributed by atoms with Gasteiger partial charge < -0.3 is 15.0 Å². The molecule has 4 nitrogen and oxygen atoms in total. The molecule has 0 atom stereocenters. The van der Waals surface area contributed by atoms with Gasteiger partial charge in [-0.2, -0.15) is 0 Å². The minimum atomic E-state index is -0.195. The molecule has 0 bridgehead atoms. The monoisotopic (exact) mass is 344 g/mol. The SMILES string of the molecule is Cc1cccc(OCC(=O)Nc2cccc(Cl)c2N2CCCC2)c1. The topological polar surface area (TPSA) is 41.6 Å². The lowest BCUT2D eigenvalue weighted by Crippen LogP contribution is -2.24. The third-order valence-corrected chi connectivity index (χ3v) is 4.35. The van der Waals surface area contributed by atoms with E-state index in [2.05, 4.69) is 10.2 Å². The first-order valence-electron chi connectivity index (χ1n) is 8.16. The van der Waals surface area contributed by atoms with Gasteiger partial charge in [-0.15, -0.1) is 0 Å². The van der Waals surface area contributed by atoms with Gasteiger partial charge in [0.2, 0.25) is 0 Å². The van der Waals surface area contributed by atoms with E-state index in [-0.39, 0.29) is 12.5 Å². The molecule has 2 aromatic carbocycles. The highest BCUT2D eigenvalue weighted by Crippen LogP contribution is 2.35. The van der Waals surface area contributed by atoms with Gasteiger partial charge in [0.25, 0.3) is 5.91 Å². The Balaban J connectivity index is 1.67. The van der Waals surface area contributed by atoms with Crippen LogP contribution < -0.4 is 15.0 Å². The molecular weight excluding hydrogens is 324 g/mol. The Morgan fingerprint density at radius 3 is 2.71 bits per heavy atom. The zero-order chi connectivity index (χ0) is 16.9. The summed E-state index contributed by atoms with van der Waals surface area (Å²) in [4.78, 5) is 14.5. The molecule has 1 amide bonds. The highest BCUT2D eigenvalue weighted by atomic mass is 35.5. The van der Waals surface area contributed by atoms with E-state index < -0.39 is 0 Å². The number of ether oxygens (including phenoxy) is 1. The number of carbonyl (C=O) groups is 1. The molecule has 1 aliphatic heterocycles. The zero-order valence-electron chi connectivity index (χ0n) is 13.7. The molecular formula is C19H21ClN2O2. The van der Waals surface area contributed by atoms with Gasteiger partial charge in [-0.05, 0) is 49.6 Å². The molecule has 24 heavy (non-hydrogen) atoms. The van der Waals surface area contributed by atoms with Gasteiger partial charge in [0.1, 0.15) is 5.75 Å². The molecule has 5 heteroatoms. The van der Waals surface area contributed by atoms with Crippen LogP contribution in [0.4, 0.5) is 11.4 Å². The number of aryl methyl sites for hydroxylation is 1. The zero-order valence-corrected chi connectivity index (χ0v) is 14.5. The molecule has 1 N–H and O–H groups in total. The van der Waals surface area contributed by atoms with Gasteiger partial charge in [-0.1, -0.05) is 29.8 Å². The van der Waals surface area contributed by atoms with Gasteiger partial charge in [-0.3, -0.25) is 4.79 Å². The van der Waals surface area contributed by atoms with E-state index in [4.69, 9.17) is 16.3 Å². The highest BCUT2D eigenvalue weighted by Gasteiger charge is 2.19. The minimum Gasteiger partial charge on any atom is -0.484 e. The van der Waals surface area contributed by atoms with E-state index in [1.54, 1.807) is 0 Å². The van der Waals surface area contributed by atoms with Crippen molar-refractivity contribution < 1.29 is 9.53 Å². The Hall–Kier alpha value is -2.20. The van der Waals surface area contributed by atoms with Crippen molar-refractivity contribution in [3.05, 3.63) is 53.1 Å². The van der Waals surface area contributed by atoms with Crippen LogP contribution >= 0.6 is 11.6 Å². The number of anilines is 2. The molecule has 0 unspecified atom stereocenters. The van der Waals surface area contributed by atoms with Crippen molar-refractivity contribution in [2.45, 2.75) is 19.8 Å². The van der Waals surface area contributed by atoms with Crippen LogP contribution in [0.3, 0.4) is 0 Å². The Morgan fingerprint density at radius 2 is 1.96 bits per heavy atom. The summed E-state index contributed by atoms with van der Waals surface area (Å²) < 4.78 is 5.56. The fraction of sp³-hybridized carbons (Fsp3) is 0.316. The molecule has 1 saturated heterocycles.